The number of rotatable bonds is 5. The number of nitrogens with zero attached hydrogens (tertiary/aromatic N) is 3. The Labute approximate surface area is 159 Å². The lowest BCUT2D eigenvalue weighted by atomic mass is 10.1. The van der Waals surface area contributed by atoms with Crippen molar-refractivity contribution in [3.63, 3.8) is 0 Å². The van der Waals surface area contributed by atoms with Gasteiger partial charge in [-0.3, -0.25) is 4.79 Å². The smallest absolute Gasteiger partial charge is 0.431 e. The Morgan fingerprint density at radius 3 is 2.46 bits per heavy atom. The molecule has 0 N–H and O–H groups in total. The van der Waals surface area contributed by atoms with Gasteiger partial charge in [0, 0.05) is 11.1 Å². The molecule has 0 aliphatic carbocycles. The Kier molecular flexibility index (Phi) is 4.63. The monoisotopic (exact) mass is 405 g/mol. The van der Waals surface area contributed by atoms with Crippen LogP contribution < -0.4 is 0 Å². The number of Topliss-reactive ketones (excluding diaryl/α,β-unsaturated/α-hetero) is 1. The second kappa shape index (κ2) is 7.12. The Balaban J connectivity index is 1.43. The van der Waals surface area contributed by atoms with Gasteiger partial charge in [-0.05, 0) is 12.1 Å². The van der Waals surface area contributed by atoms with Crippen molar-refractivity contribution in [3.05, 3.63) is 60.0 Å². The van der Waals surface area contributed by atoms with Gasteiger partial charge >= 0.3 is 12.1 Å². The molecule has 0 amide bonds. The molecule has 2 heterocycles. The zero-order valence-corrected chi connectivity index (χ0v) is 14.8. The second-order valence-electron chi connectivity index (χ2n) is 5.66. The summed E-state index contributed by atoms with van der Waals surface area (Å²) >= 11 is 1.16. The van der Waals surface area contributed by atoms with Crippen molar-refractivity contribution in [2.24, 2.45) is 0 Å². The number of para-hydroxylation sites is 2. The summed E-state index contributed by atoms with van der Waals surface area (Å²) in [6.45, 7) is 0. The van der Waals surface area contributed by atoms with Gasteiger partial charge in [-0.25, -0.2) is 4.98 Å². The van der Waals surface area contributed by atoms with E-state index in [9.17, 15) is 18.0 Å². The van der Waals surface area contributed by atoms with Gasteiger partial charge in [-0.1, -0.05) is 53.3 Å². The fraction of sp³-hybridized carbons (Fsp3) is 0.111. The lowest BCUT2D eigenvalue weighted by molar-refractivity contribution is -0.159. The molecule has 0 spiro atoms. The van der Waals surface area contributed by atoms with E-state index in [2.05, 4.69) is 19.6 Å². The number of hydrogen-bond acceptors (Lipinski definition) is 7. The van der Waals surface area contributed by atoms with Crippen LogP contribution in [0.2, 0.25) is 0 Å². The summed E-state index contributed by atoms with van der Waals surface area (Å²) in [4.78, 5) is 19.9. The van der Waals surface area contributed by atoms with Crippen molar-refractivity contribution >= 4 is 28.6 Å². The summed E-state index contributed by atoms with van der Waals surface area (Å²) in [5.74, 6) is -1.69. The molecule has 4 aromatic rings. The fourth-order valence-electron chi connectivity index (χ4n) is 2.38. The molecule has 142 valence electrons. The lowest BCUT2D eigenvalue weighted by Gasteiger charge is -2.00. The molecule has 0 saturated heterocycles. The highest BCUT2D eigenvalue weighted by Crippen LogP contribution is 2.29. The maximum atomic E-state index is 12.5. The molecular formula is C18H10F3N3O3S. The van der Waals surface area contributed by atoms with Gasteiger partial charge in [0.2, 0.25) is 5.82 Å². The number of benzene rings is 2. The van der Waals surface area contributed by atoms with Gasteiger partial charge in [0.15, 0.2) is 11.4 Å². The van der Waals surface area contributed by atoms with Crippen LogP contribution in [-0.2, 0) is 6.18 Å². The highest BCUT2D eigenvalue weighted by atomic mass is 32.2. The minimum Gasteiger partial charge on any atom is -0.431 e. The van der Waals surface area contributed by atoms with E-state index in [4.69, 9.17) is 4.42 Å². The zero-order valence-electron chi connectivity index (χ0n) is 13.9. The first kappa shape index (κ1) is 18.2. The summed E-state index contributed by atoms with van der Waals surface area (Å²) in [6.07, 6.45) is -4.71. The van der Waals surface area contributed by atoms with E-state index in [-0.39, 0.29) is 17.4 Å². The van der Waals surface area contributed by atoms with E-state index in [1.54, 1.807) is 6.07 Å². The van der Waals surface area contributed by atoms with Gasteiger partial charge in [0.25, 0.3) is 5.22 Å². The molecule has 10 heteroatoms. The SMILES string of the molecule is O=C(CSc1nc2ccccc2o1)c1ccc(-c2noc(C(F)(F)F)n2)cc1. The lowest BCUT2D eigenvalue weighted by Crippen LogP contribution is -2.05. The molecular weight excluding hydrogens is 395 g/mol. The maximum absolute atomic E-state index is 12.5. The van der Waals surface area contributed by atoms with Gasteiger partial charge in [0.05, 0.1) is 5.75 Å². The third-order valence-electron chi connectivity index (χ3n) is 3.73. The number of carbonyl (C=O) groups is 1. The first-order valence-electron chi connectivity index (χ1n) is 7.93. The number of fused-ring (bicyclic) bond motifs is 1. The molecule has 0 atom stereocenters. The largest absolute Gasteiger partial charge is 0.471 e. The van der Waals surface area contributed by atoms with E-state index in [1.165, 1.54) is 24.3 Å². The normalized spacial score (nSPS) is 11.8. The number of carbonyl (C=O) groups excluding carboxylic acids is 1. The van der Waals surface area contributed by atoms with Crippen molar-refractivity contribution in [2.75, 3.05) is 5.75 Å². The standard InChI is InChI=1S/C18H10F3N3O3S/c19-18(20,21)16-23-15(24-27-16)11-7-5-10(6-8-11)13(25)9-28-17-22-12-3-1-2-4-14(12)26-17/h1-8H,9H2. The predicted molar refractivity (Wildman–Crippen MR) is 93.8 cm³/mol. The number of ketones is 1. The topological polar surface area (TPSA) is 82.0 Å². The average Bonchev–Trinajstić information content (AvgIpc) is 3.33. The molecule has 0 unspecified atom stereocenters. The Morgan fingerprint density at radius 1 is 1.04 bits per heavy atom. The number of aromatic nitrogens is 3. The van der Waals surface area contributed by atoms with Crippen LogP contribution in [0.15, 0.2) is 62.7 Å². The van der Waals surface area contributed by atoms with Crippen LogP contribution in [0.25, 0.3) is 22.5 Å². The highest BCUT2D eigenvalue weighted by Gasteiger charge is 2.38. The molecule has 0 aliphatic heterocycles. The summed E-state index contributed by atoms with van der Waals surface area (Å²) < 4.78 is 47.3. The molecule has 0 bridgehead atoms. The van der Waals surface area contributed by atoms with Crippen molar-refractivity contribution in [2.45, 2.75) is 11.4 Å². The van der Waals surface area contributed by atoms with Crippen LogP contribution in [0, 0.1) is 0 Å². The van der Waals surface area contributed by atoms with E-state index in [0.29, 0.717) is 27.4 Å². The third kappa shape index (κ3) is 3.77. The van der Waals surface area contributed by atoms with Crippen molar-refractivity contribution in [1.29, 1.82) is 0 Å². The van der Waals surface area contributed by atoms with Crippen molar-refractivity contribution in [1.82, 2.24) is 15.1 Å². The summed E-state index contributed by atoms with van der Waals surface area (Å²) in [5, 5.41) is 3.70. The number of oxazole rings is 1. The maximum Gasteiger partial charge on any atom is 0.471 e. The van der Waals surface area contributed by atoms with Crippen LogP contribution >= 0.6 is 11.8 Å². The summed E-state index contributed by atoms with van der Waals surface area (Å²) in [5.41, 5.74) is 2.05. The molecule has 0 aliphatic rings. The highest BCUT2D eigenvalue weighted by molar-refractivity contribution is 7.99. The van der Waals surface area contributed by atoms with Crippen molar-refractivity contribution in [3.8, 4) is 11.4 Å². The van der Waals surface area contributed by atoms with Crippen LogP contribution in [-0.4, -0.2) is 26.7 Å². The van der Waals surface area contributed by atoms with Gasteiger partial charge in [-0.15, -0.1) is 0 Å². The number of hydrogen-bond donors (Lipinski definition) is 0. The van der Waals surface area contributed by atoms with Crippen LogP contribution in [0.4, 0.5) is 13.2 Å². The molecule has 0 fully saturated rings. The average molecular weight is 405 g/mol. The van der Waals surface area contributed by atoms with Crippen molar-refractivity contribution < 1.29 is 26.9 Å². The van der Waals surface area contributed by atoms with Gasteiger partial charge in [0.1, 0.15) is 5.52 Å². The molecule has 0 radical (unpaired) electrons. The number of alkyl halides is 3. The zero-order chi connectivity index (χ0) is 19.7. The van der Waals surface area contributed by atoms with Crippen LogP contribution in [0.1, 0.15) is 16.2 Å². The second-order valence-corrected chi connectivity index (χ2v) is 6.58. The van der Waals surface area contributed by atoms with E-state index in [1.807, 2.05) is 18.2 Å². The first-order chi connectivity index (χ1) is 13.4. The molecule has 6 nitrogen and oxygen atoms in total. The molecule has 2 aromatic heterocycles. The molecule has 0 saturated carbocycles. The Bertz CT molecular complexity index is 1100. The van der Waals surface area contributed by atoms with Crippen LogP contribution in [0.3, 0.4) is 0 Å². The quantitative estimate of drug-likeness (QED) is 0.346. The van der Waals surface area contributed by atoms with E-state index >= 15 is 0 Å². The summed E-state index contributed by atoms with van der Waals surface area (Å²) in [7, 11) is 0. The summed E-state index contributed by atoms with van der Waals surface area (Å²) in [6, 6.07) is 13.2. The molecule has 4 rings (SSSR count). The van der Waals surface area contributed by atoms with Crippen LogP contribution in [0.5, 0.6) is 0 Å². The number of thioether (sulfide) groups is 1. The number of halogens is 3. The Hall–Kier alpha value is -3.14. The molecule has 2 aromatic carbocycles. The minimum atomic E-state index is -4.71. The predicted octanol–water partition coefficient (Wildman–Crippen LogP) is 4.87. The van der Waals surface area contributed by atoms with E-state index < -0.39 is 12.1 Å². The minimum absolute atomic E-state index is 0.104. The fourth-order valence-corrected chi connectivity index (χ4v) is 3.12. The third-order valence-corrected chi connectivity index (χ3v) is 4.56. The van der Waals surface area contributed by atoms with Gasteiger partial charge in [-0.2, -0.15) is 18.2 Å². The van der Waals surface area contributed by atoms with Gasteiger partial charge < -0.3 is 8.94 Å². The van der Waals surface area contributed by atoms with E-state index in [0.717, 1.165) is 11.8 Å². The first-order valence-corrected chi connectivity index (χ1v) is 8.91. The Morgan fingerprint density at radius 2 is 1.79 bits per heavy atom. The molecule has 28 heavy (non-hydrogen) atoms.